The van der Waals surface area contributed by atoms with Crippen LogP contribution in [0.4, 0.5) is 0 Å². The van der Waals surface area contributed by atoms with Crippen LogP contribution in [0.2, 0.25) is 0 Å². The maximum atomic E-state index is 11.3. The summed E-state index contributed by atoms with van der Waals surface area (Å²) in [5.74, 6) is 8.03. The Kier molecular flexibility index (Phi) is 5.46. The lowest BCUT2D eigenvalue weighted by molar-refractivity contribution is -0.121. The molecule has 1 unspecified atom stereocenters. The minimum absolute atomic E-state index is 0.352. The van der Waals surface area contributed by atoms with E-state index in [2.05, 4.69) is 22.7 Å². The number of primary amides is 1. The highest BCUT2D eigenvalue weighted by molar-refractivity contribution is 5.83. The molecule has 0 aromatic carbocycles. The molecule has 0 radical (unpaired) electrons. The van der Waals surface area contributed by atoms with Crippen LogP contribution in [-0.4, -0.2) is 29.9 Å². The molecule has 1 atom stereocenters. The molecular formula is C13H18N2O. The van der Waals surface area contributed by atoms with Gasteiger partial charge in [0.15, 0.2) is 6.04 Å². The molecule has 1 saturated heterocycles. The molecule has 3 nitrogen and oxygen atoms in total. The zero-order chi connectivity index (χ0) is 11.8. The van der Waals surface area contributed by atoms with Gasteiger partial charge >= 0.3 is 0 Å². The van der Waals surface area contributed by atoms with Gasteiger partial charge in [0, 0.05) is 12.8 Å². The van der Waals surface area contributed by atoms with Gasteiger partial charge in [-0.3, -0.25) is 9.69 Å². The fourth-order valence-corrected chi connectivity index (χ4v) is 1.82. The molecule has 1 fully saturated rings. The lowest BCUT2D eigenvalue weighted by Crippen LogP contribution is -2.46. The van der Waals surface area contributed by atoms with Gasteiger partial charge in [-0.2, -0.15) is 0 Å². The summed E-state index contributed by atoms with van der Waals surface area (Å²) in [7, 11) is 0. The van der Waals surface area contributed by atoms with Gasteiger partial charge in [0.25, 0.3) is 0 Å². The second kappa shape index (κ2) is 6.93. The van der Waals surface area contributed by atoms with E-state index in [9.17, 15) is 4.79 Å². The molecule has 0 aliphatic carbocycles. The van der Waals surface area contributed by atoms with Crippen molar-refractivity contribution in [3.8, 4) is 24.2 Å². The zero-order valence-corrected chi connectivity index (χ0v) is 9.54. The molecule has 0 bridgehead atoms. The number of unbranched alkanes of at least 4 members (excludes halogenated alkanes) is 1. The number of nitrogens with zero attached hydrogens (tertiary/aromatic N) is 1. The maximum absolute atomic E-state index is 11.3. The van der Waals surface area contributed by atoms with Crippen molar-refractivity contribution in [3.63, 3.8) is 0 Å². The smallest absolute Gasteiger partial charge is 0.247 e. The maximum Gasteiger partial charge on any atom is 0.247 e. The standard InChI is InChI=1S/C13H18N2O/c1-2-3-4-6-9-12(13(14)16)15-10-7-5-8-11-15/h1,12H,3-5,7-8,10-11H2,(H2,14,16). The summed E-state index contributed by atoms with van der Waals surface area (Å²) < 4.78 is 0. The number of likely N-dealkylation sites (tertiary alicyclic amines) is 1. The van der Waals surface area contributed by atoms with Gasteiger partial charge in [-0.05, 0) is 25.9 Å². The molecule has 0 saturated carbocycles. The van der Waals surface area contributed by atoms with Crippen molar-refractivity contribution in [1.29, 1.82) is 0 Å². The molecule has 3 heteroatoms. The van der Waals surface area contributed by atoms with Gasteiger partial charge in [-0.1, -0.05) is 12.3 Å². The van der Waals surface area contributed by atoms with E-state index in [1.807, 2.05) is 0 Å². The van der Waals surface area contributed by atoms with Gasteiger partial charge in [0.2, 0.25) is 5.91 Å². The van der Waals surface area contributed by atoms with E-state index < -0.39 is 6.04 Å². The van der Waals surface area contributed by atoms with Crippen molar-refractivity contribution in [1.82, 2.24) is 4.90 Å². The average Bonchev–Trinajstić information content (AvgIpc) is 2.30. The molecule has 0 spiro atoms. The van der Waals surface area contributed by atoms with E-state index in [0.717, 1.165) is 25.9 Å². The van der Waals surface area contributed by atoms with Crippen molar-refractivity contribution in [2.75, 3.05) is 13.1 Å². The normalized spacial score (nSPS) is 17.9. The quantitative estimate of drug-likeness (QED) is 0.561. The number of hydrogen-bond donors (Lipinski definition) is 1. The second-order valence-electron chi connectivity index (χ2n) is 3.93. The number of rotatable bonds is 3. The van der Waals surface area contributed by atoms with Crippen molar-refractivity contribution in [3.05, 3.63) is 0 Å². The Morgan fingerprint density at radius 3 is 2.56 bits per heavy atom. The summed E-state index contributed by atoms with van der Waals surface area (Å²) in [6.07, 6.45) is 9.86. The monoisotopic (exact) mass is 218 g/mol. The topological polar surface area (TPSA) is 46.3 Å². The fraction of sp³-hybridized carbons (Fsp3) is 0.615. The minimum Gasteiger partial charge on any atom is -0.367 e. The lowest BCUT2D eigenvalue weighted by Gasteiger charge is -2.29. The Morgan fingerprint density at radius 1 is 1.31 bits per heavy atom. The van der Waals surface area contributed by atoms with Crippen LogP contribution in [0.3, 0.4) is 0 Å². The van der Waals surface area contributed by atoms with E-state index in [1.54, 1.807) is 0 Å². The average molecular weight is 218 g/mol. The molecule has 16 heavy (non-hydrogen) atoms. The van der Waals surface area contributed by atoms with E-state index >= 15 is 0 Å². The van der Waals surface area contributed by atoms with Crippen molar-refractivity contribution in [2.24, 2.45) is 5.73 Å². The highest BCUT2D eigenvalue weighted by Gasteiger charge is 2.22. The van der Waals surface area contributed by atoms with Crippen molar-refractivity contribution >= 4 is 5.91 Å². The third-order valence-corrected chi connectivity index (χ3v) is 2.66. The number of carbonyl (C=O) groups excluding carboxylic acids is 1. The number of hydrogen-bond acceptors (Lipinski definition) is 2. The predicted octanol–water partition coefficient (Wildman–Crippen LogP) is 0.743. The van der Waals surface area contributed by atoms with Gasteiger partial charge in [-0.25, -0.2) is 0 Å². The molecule has 2 N–H and O–H groups in total. The first-order valence-corrected chi connectivity index (χ1v) is 5.71. The largest absolute Gasteiger partial charge is 0.367 e. The number of amides is 1. The highest BCUT2D eigenvalue weighted by atomic mass is 16.1. The fourth-order valence-electron chi connectivity index (χ4n) is 1.82. The Balaban J connectivity index is 2.55. The lowest BCUT2D eigenvalue weighted by atomic mass is 10.1. The van der Waals surface area contributed by atoms with Crippen LogP contribution >= 0.6 is 0 Å². The number of nitrogens with two attached hydrogens (primary N) is 1. The SMILES string of the molecule is C#CCCC#CC(C(N)=O)N1CCCCC1. The molecule has 1 amide bonds. The third-order valence-electron chi connectivity index (χ3n) is 2.66. The van der Waals surface area contributed by atoms with E-state index in [0.29, 0.717) is 12.8 Å². The first-order chi connectivity index (χ1) is 7.75. The van der Waals surface area contributed by atoms with Gasteiger partial charge in [0.1, 0.15) is 0 Å². The molecule has 1 aliphatic heterocycles. The van der Waals surface area contributed by atoms with Crippen LogP contribution in [0.1, 0.15) is 32.1 Å². The summed E-state index contributed by atoms with van der Waals surface area (Å²) in [5.41, 5.74) is 5.36. The summed E-state index contributed by atoms with van der Waals surface area (Å²) in [6.45, 7) is 1.83. The first kappa shape index (κ1) is 12.6. The highest BCUT2D eigenvalue weighted by Crippen LogP contribution is 2.11. The van der Waals surface area contributed by atoms with E-state index in [1.165, 1.54) is 6.42 Å². The Bertz CT molecular complexity index is 326. The van der Waals surface area contributed by atoms with Crippen LogP contribution in [-0.2, 0) is 4.79 Å². The van der Waals surface area contributed by atoms with E-state index in [-0.39, 0.29) is 5.91 Å². The number of terminal acetylenes is 1. The Labute approximate surface area is 97.4 Å². The summed E-state index contributed by atoms with van der Waals surface area (Å²) in [6, 6.07) is -0.432. The molecule has 86 valence electrons. The Morgan fingerprint density at radius 2 is 2.00 bits per heavy atom. The first-order valence-electron chi connectivity index (χ1n) is 5.71. The summed E-state index contributed by atoms with van der Waals surface area (Å²) in [4.78, 5) is 13.4. The minimum atomic E-state index is -0.432. The van der Waals surface area contributed by atoms with Crippen LogP contribution in [0.15, 0.2) is 0 Å². The second-order valence-corrected chi connectivity index (χ2v) is 3.93. The van der Waals surface area contributed by atoms with Gasteiger partial charge in [-0.15, -0.1) is 18.3 Å². The summed E-state index contributed by atoms with van der Waals surface area (Å²) >= 11 is 0. The van der Waals surface area contributed by atoms with Crippen molar-refractivity contribution < 1.29 is 4.79 Å². The molecule has 0 aromatic rings. The third kappa shape index (κ3) is 3.96. The number of carbonyl (C=O) groups is 1. The molecule has 0 aromatic heterocycles. The van der Waals surface area contributed by atoms with Crippen LogP contribution in [0, 0.1) is 24.2 Å². The number of piperidine rings is 1. The van der Waals surface area contributed by atoms with Crippen LogP contribution in [0.25, 0.3) is 0 Å². The van der Waals surface area contributed by atoms with Crippen LogP contribution < -0.4 is 5.73 Å². The van der Waals surface area contributed by atoms with Crippen LogP contribution in [0.5, 0.6) is 0 Å². The molecule has 1 heterocycles. The molecule has 1 rings (SSSR count). The molecular weight excluding hydrogens is 200 g/mol. The van der Waals surface area contributed by atoms with Gasteiger partial charge in [0.05, 0.1) is 0 Å². The Hall–Kier alpha value is -1.45. The summed E-state index contributed by atoms with van der Waals surface area (Å²) in [5, 5.41) is 0. The molecule has 1 aliphatic rings. The van der Waals surface area contributed by atoms with Crippen molar-refractivity contribution in [2.45, 2.75) is 38.1 Å². The zero-order valence-electron chi connectivity index (χ0n) is 9.54. The predicted molar refractivity (Wildman–Crippen MR) is 64.2 cm³/mol. The van der Waals surface area contributed by atoms with E-state index in [4.69, 9.17) is 12.2 Å². The van der Waals surface area contributed by atoms with Gasteiger partial charge < -0.3 is 5.73 Å².